The number of aryl methyl sites for hydroxylation is 1. The fourth-order valence-corrected chi connectivity index (χ4v) is 2.55. The Hall–Kier alpha value is -2.40. The first-order valence-corrected chi connectivity index (χ1v) is 7.61. The highest BCUT2D eigenvalue weighted by molar-refractivity contribution is 5.89. The molecule has 23 heavy (non-hydrogen) atoms. The van der Waals surface area contributed by atoms with Crippen molar-refractivity contribution >= 4 is 11.7 Å². The molecular weight excluding hydrogens is 295 g/mol. The van der Waals surface area contributed by atoms with Crippen molar-refractivity contribution in [3.8, 4) is 0 Å². The summed E-state index contributed by atoms with van der Waals surface area (Å²) in [5, 5.41) is 2.78. The van der Waals surface area contributed by atoms with Crippen LogP contribution in [0, 0.1) is 12.7 Å². The molecule has 2 aromatic rings. The summed E-state index contributed by atoms with van der Waals surface area (Å²) in [7, 11) is 0. The molecule has 1 heterocycles. The van der Waals surface area contributed by atoms with Gasteiger partial charge in [-0.3, -0.25) is 0 Å². The lowest BCUT2D eigenvalue weighted by atomic mass is 10.1. The number of hydrogen-bond donors (Lipinski definition) is 1. The van der Waals surface area contributed by atoms with Crippen molar-refractivity contribution in [1.29, 1.82) is 0 Å². The fourth-order valence-electron chi connectivity index (χ4n) is 2.55. The normalized spacial score (nSPS) is 17.8. The number of hydrogen-bond acceptors (Lipinski definition) is 2. The zero-order valence-electron chi connectivity index (χ0n) is 13.0. The van der Waals surface area contributed by atoms with Crippen molar-refractivity contribution in [3.05, 3.63) is 65.5 Å². The highest BCUT2D eigenvalue weighted by Gasteiger charge is 2.25. The van der Waals surface area contributed by atoms with E-state index in [1.807, 2.05) is 31.2 Å². The van der Waals surface area contributed by atoms with Crippen LogP contribution in [0.3, 0.4) is 0 Å². The van der Waals surface area contributed by atoms with Gasteiger partial charge in [0.15, 0.2) is 0 Å². The maximum atomic E-state index is 12.9. The molecule has 1 N–H and O–H groups in total. The summed E-state index contributed by atoms with van der Waals surface area (Å²) in [6.45, 7) is 3.56. The number of morpholine rings is 1. The predicted octanol–water partition coefficient (Wildman–Crippen LogP) is 3.74. The average Bonchev–Trinajstić information content (AvgIpc) is 2.58. The van der Waals surface area contributed by atoms with Gasteiger partial charge < -0.3 is 15.0 Å². The molecule has 1 aliphatic rings. The van der Waals surface area contributed by atoms with E-state index in [1.54, 1.807) is 17.0 Å². The zero-order chi connectivity index (χ0) is 16.2. The Kier molecular flexibility index (Phi) is 4.57. The van der Waals surface area contributed by atoms with E-state index in [0.717, 1.165) is 5.56 Å². The summed E-state index contributed by atoms with van der Waals surface area (Å²) in [5.41, 5.74) is 2.83. The van der Waals surface area contributed by atoms with Crippen LogP contribution in [0.5, 0.6) is 0 Å². The number of nitrogens with zero attached hydrogens (tertiary/aromatic N) is 1. The molecule has 0 radical (unpaired) electrons. The van der Waals surface area contributed by atoms with E-state index in [-0.39, 0.29) is 18.0 Å². The summed E-state index contributed by atoms with van der Waals surface area (Å²) in [6.07, 6.45) is -0.122. The summed E-state index contributed by atoms with van der Waals surface area (Å²) >= 11 is 0. The first kappa shape index (κ1) is 15.5. The molecule has 120 valence electrons. The number of benzene rings is 2. The average molecular weight is 314 g/mol. The second kappa shape index (κ2) is 6.79. The van der Waals surface area contributed by atoms with E-state index in [0.29, 0.717) is 25.4 Å². The molecule has 4 nitrogen and oxygen atoms in total. The number of amides is 2. The van der Waals surface area contributed by atoms with Crippen LogP contribution in [0.25, 0.3) is 0 Å². The number of ether oxygens (including phenoxy) is 1. The maximum Gasteiger partial charge on any atom is 0.322 e. The van der Waals surface area contributed by atoms with Gasteiger partial charge in [0, 0.05) is 12.2 Å². The van der Waals surface area contributed by atoms with Crippen molar-refractivity contribution in [2.45, 2.75) is 13.0 Å². The minimum atomic E-state index is -0.325. The number of carbonyl (C=O) groups excluding carboxylic acids is 1. The molecule has 1 saturated heterocycles. The molecule has 1 aliphatic heterocycles. The largest absolute Gasteiger partial charge is 0.370 e. The maximum absolute atomic E-state index is 12.9. The molecule has 2 amide bonds. The van der Waals surface area contributed by atoms with E-state index in [4.69, 9.17) is 4.74 Å². The standard InChI is InChI=1S/C18H19FN2O2/c1-13-2-4-14(5-3-13)17-12-21(10-11-23-17)18(22)20-16-8-6-15(19)7-9-16/h2-9,17H,10-12H2,1H3,(H,20,22). The second-order valence-corrected chi connectivity index (χ2v) is 5.65. The Morgan fingerprint density at radius 3 is 2.57 bits per heavy atom. The fraction of sp³-hybridized carbons (Fsp3) is 0.278. The van der Waals surface area contributed by atoms with Crippen LogP contribution in [-0.4, -0.2) is 30.6 Å². The number of carbonyl (C=O) groups is 1. The Bertz CT molecular complexity index is 670. The minimum absolute atomic E-state index is 0.122. The van der Waals surface area contributed by atoms with Gasteiger partial charge in [-0.2, -0.15) is 0 Å². The van der Waals surface area contributed by atoms with Crippen molar-refractivity contribution in [2.24, 2.45) is 0 Å². The summed E-state index contributed by atoms with van der Waals surface area (Å²) in [4.78, 5) is 14.1. The van der Waals surface area contributed by atoms with Gasteiger partial charge in [0.1, 0.15) is 11.9 Å². The monoisotopic (exact) mass is 314 g/mol. The quantitative estimate of drug-likeness (QED) is 0.917. The molecule has 5 heteroatoms. The van der Waals surface area contributed by atoms with E-state index in [1.165, 1.54) is 17.7 Å². The number of urea groups is 1. The van der Waals surface area contributed by atoms with Gasteiger partial charge >= 0.3 is 6.03 Å². The van der Waals surface area contributed by atoms with E-state index >= 15 is 0 Å². The topological polar surface area (TPSA) is 41.6 Å². The lowest BCUT2D eigenvalue weighted by Gasteiger charge is -2.33. The van der Waals surface area contributed by atoms with Gasteiger partial charge in [0.05, 0.1) is 13.2 Å². The van der Waals surface area contributed by atoms with Crippen molar-refractivity contribution in [3.63, 3.8) is 0 Å². The van der Waals surface area contributed by atoms with Crippen LogP contribution in [0.1, 0.15) is 17.2 Å². The molecule has 0 aliphatic carbocycles. The van der Waals surface area contributed by atoms with Gasteiger partial charge in [-0.15, -0.1) is 0 Å². The number of rotatable bonds is 2. The molecule has 1 fully saturated rings. The third-order valence-corrected chi connectivity index (χ3v) is 3.90. The zero-order valence-corrected chi connectivity index (χ0v) is 13.0. The molecule has 2 aromatic carbocycles. The third kappa shape index (κ3) is 3.87. The molecule has 0 spiro atoms. The SMILES string of the molecule is Cc1ccc(C2CN(C(=O)Nc3ccc(F)cc3)CCO2)cc1. The molecule has 1 unspecified atom stereocenters. The summed E-state index contributed by atoms with van der Waals surface area (Å²) in [5.74, 6) is -0.325. The van der Waals surface area contributed by atoms with Gasteiger partial charge in [-0.1, -0.05) is 29.8 Å². The molecule has 0 bridgehead atoms. The Labute approximate surface area is 134 Å². The Morgan fingerprint density at radius 1 is 1.17 bits per heavy atom. The second-order valence-electron chi connectivity index (χ2n) is 5.65. The highest BCUT2D eigenvalue weighted by Crippen LogP contribution is 2.23. The van der Waals surface area contributed by atoms with Crippen LogP contribution < -0.4 is 5.32 Å². The molecule has 3 rings (SSSR count). The van der Waals surface area contributed by atoms with Gasteiger partial charge in [-0.05, 0) is 36.8 Å². The smallest absolute Gasteiger partial charge is 0.322 e. The highest BCUT2D eigenvalue weighted by atomic mass is 19.1. The molecular formula is C18H19FN2O2. The van der Waals surface area contributed by atoms with Gasteiger partial charge in [0.2, 0.25) is 0 Å². The first-order valence-electron chi connectivity index (χ1n) is 7.61. The molecule has 0 saturated carbocycles. The summed E-state index contributed by atoms with van der Waals surface area (Å²) < 4.78 is 18.7. The van der Waals surface area contributed by atoms with E-state index in [2.05, 4.69) is 5.32 Å². The Morgan fingerprint density at radius 2 is 1.87 bits per heavy atom. The van der Waals surface area contributed by atoms with Crippen LogP contribution >= 0.6 is 0 Å². The number of nitrogens with one attached hydrogen (secondary N) is 1. The molecule has 0 aromatic heterocycles. The first-order chi connectivity index (χ1) is 11.1. The Balaban J connectivity index is 1.64. The van der Waals surface area contributed by atoms with Crippen molar-refractivity contribution < 1.29 is 13.9 Å². The van der Waals surface area contributed by atoms with E-state index < -0.39 is 0 Å². The lowest BCUT2D eigenvalue weighted by molar-refractivity contribution is -0.0135. The summed E-state index contributed by atoms with van der Waals surface area (Å²) in [6, 6.07) is 13.7. The van der Waals surface area contributed by atoms with Crippen molar-refractivity contribution in [1.82, 2.24) is 4.90 Å². The predicted molar refractivity (Wildman–Crippen MR) is 86.9 cm³/mol. The third-order valence-electron chi connectivity index (χ3n) is 3.90. The number of anilines is 1. The van der Waals surface area contributed by atoms with Crippen molar-refractivity contribution in [2.75, 3.05) is 25.0 Å². The van der Waals surface area contributed by atoms with Crippen LogP contribution in [-0.2, 0) is 4.74 Å². The minimum Gasteiger partial charge on any atom is -0.370 e. The van der Waals surface area contributed by atoms with Gasteiger partial charge in [-0.25, -0.2) is 9.18 Å². The van der Waals surface area contributed by atoms with Crippen LogP contribution in [0.2, 0.25) is 0 Å². The lowest BCUT2D eigenvalue weighted by Crippen LogP contribution is -2.44. The van der Waals surface area contributed by atoms with Crippen LogP contribution in [0.4, 0.5) is 14.9 Å². The number of halogens is 1. The van der Waals surface area contributed by atoms with Crippen LogP contribution in [0.15, 0.2) is 48.5 Å². The van der Waals surface area contributed by atoms with E-state index in [9.17, 15) is 9.18 Å². The molecule has 1 atom stereocenters. The van der Waals surface area contributed by atoms with Gasteiger partial charge in [0.25, 0.3) is 0 Å².